The Balaban J connectivity index is 0. The number of carbonyl (C=O) groups excluding carboxylic acids is 4. The van der Waals surface area contributed by atoms with Crippen molar-refractivity contribution in [3.8, 4) is 0 Å². The number of nitrogens with one attached hydrogen (secondary N) is 1. The largest absolute Gasteiger partial charge is 1.00 e. The molecule has 1 N–H and O–H groups in total. The van der Waals surface area contributed by atoms with Crippen LogP contribution in [0.1, 0.15) is 40.5 Å². The van der Waals surface area contributed by atoms with Crippen LogP contribution in [-0.4, -0.2) is 37.1 Å². The number of aliphatic carboxylic acids is 2. The van der Waals surface area contributed by atoms with E-state index in [9.17, 15) is 29.4 Å². The minimum Gasteiger partial charge on any atom is -0.550 e. The van der Waals surface area contributed by atoms with Crippen molar-refractivity contribution < 1.29 is 98.0 Å². The minimum atomic E-state index is -1.59. The molecule has 150 valence electrons. The second-order valence-corrected chi connectivity index (χ2v) is 5.96. The van der Waals surface area contributed by atoms with E-state index in [2.05, 4.69) is 5.32 Å². The first-order chi connectivity index (χ1) is 12.6. The molecule has 0 aromatic rings. The van der Waals surface area contributed by atoms with Gasteiger partial charge in [-0.2, -0.15) is 0 Å². The summed E-state index contributed by atoms with van der Waals surface area (Å²) in [5.74, 6) is -7.38. The molecule has 0 aromatic heterocycles. The van der Waals surface area contributed by atoms with E-state index >= 15 is 0 Å². The van der Waals surface area contributed by atoms with Crippen LogP contribution in [0.5, 0.6) is 0 Å². The van der Waals surface area contributed by atoms with Crippen molar-refractivity contribution in [2.24, 2.45) is 11.8 Å². The maximum atomic E-state index is 12.5. The minimum absolute atomic E-state index is 0. The molecule has 0 radical (unpaired) electrons. The Hall–Kier alpha value is -0.840. The molecule has 1 aliphatic rings. The van der Waals surface area contributed by atoms with Gasteiger partial charge in [-0.3, -0.25) is 0 Å². The monoisotopic (exact) mass is 427 g/mol. The fraction of sp³-hybridized carbons (Fsp3) is 0.556. The van der Waals surface area contributed by atoms with Gasteiger partial charge in [0.1, 0.15) is 0 Å². The molecule has 0 saturated carbocycles. The zero-order valence-electron chi connectivity index (χ0n) is 17.7. The van der Waals surface area contributed by atoms with Gasteiger partial charge in [0.15, 0.2) is 0 Å². The third kappa shape index (κ3) is 8.07. The summed E-state index contributed by atoms with van der Waals surface area (Å²) in [5.41, 5.74) is 0.475. The predicted molar refractivity (Wildman–Crippen MR) is 88.0 cm³/mol. The second kappa shape index (κ2) is 14.2. The third-order valence-corrected chi connectivity index (χ3v) is 4.16. The van der Waals surface area contributed by atoms with Crippen molar-refractivity contribution in [3.05, 3.63) is 22.5 Å². The summed E-state index contributed by atoms with van der Waals surface area (Å²) >= 11 is 0. The molecule has 1 atom stereocenters. The van der Waals surface area contributed by atoms with Crippen molar-refractivity contribution in [1.82, 2.24) is 5.32 Å². The number of rotatable bonds is 9. The molecule has 29 heavy (non-hydrogen) atoms. The van der Waals surface area contributed by atoms with Crippen LogP contribution < -0.4 is 74.6 Å². The van der Waals surface area contributed by atoms with Crippen molar-refractivity contribution in [2.45, 2.75) is 40.5 Å². The molecule has 1 rings (SSSR count). The molecule has 0 aliphatic carbocycles. The quantitative estimate of drug-likeness (QED) is 0.280. The Morgan fingerprint density at radius 2 is 1.34 bits per heavy atom. The number of carboxylic acid groups (broad SMARTS) is 2. The number of hydrogen-bond acceptors (Lipinski definition) is 9. The Labute approximate surface area is 213 Å². The van der Waals surface area contributed by atoms with Crippen LogP contribution in [0.4, 0.5) is 0 Å². The maximum absolute atomic E-state index is 12.5. The van der Waals surface area contributed by atoms with E-state index in [1.54, 1.807) is 13.8 Å². The molecule has 0 spiro atoms. The number of hydrogen-bond donors (Lipinski definition) is 1. The second-order valence-electron chi connectivity index (χ2n) is 5.96. The molecular weight excluding hydrogens is 404 g/mol. The summed E-state index contributed by atoms with van der Waals surface area (Å²) in [6, 6.07) is 0. The van der Waals surface area contributed by atoms with Crippen LogP contribution in [0, 0.1) is 11.8 Å². The van der Waals surface area contributed by atoms with Gasteiger partial charge in [-0.05, 0) is 40.5 Å². The van der Waals surface area contributed by atoms with Crippen molar-refractivity contribution in [1.29, 1.82) is 0 Å². The first-order valence-electron chi connectivity index (χ1n) is 8.59. The SMILES string of the molecule is CCOC(=O)C1=C(C)NC(C)=C(C(=O)OCC)C1C(CCC(=O)[O-])C(=O)[O-].[Na+].[Na+]. The molecular formula is C18H23NNa2O8. The molecule has 1 unspecified atom stereocenters. The molecule has 0 saturated heterocycles. The van der Waals surface area contributed by atoms with Gasteiger partial charge in [-0.25, -0.2) is 9.59 Å². The van der Waals surface area contributed by atoms with Crippen LogP contribution in [0.2, 0.25) is 0 Å². The topological polar surface area (TPSA) is 145 Å². The first-order valence-corrected chi connectivity index (χ1v) is 8.59. The third-order valence-electron chi connectivity index (χ3n) is 4.16. The molecule has 0 fully saturated rings. The van der Waals surface area contributed by atoms with E-state index in [-0.39, 0.29) is 89.9 Å². The Kier molecular flexibility index (Phi) is 14.9. The van der Waals surface area contributed by atoms with E-state index in [1.165, 1.54) is 13.8 Å². The van der Waals surface area contributed by atoms with Gasteiger partial charge in [-0.1, -0.05) is 0 Å². The van der Waals surface area contributed by atoms with E-state index in [0.29, 0.717) is 11.4 Å². The van der Waals surface area contributed by atoms with Gasteiger partial charge in [0.25, 0.3) is 0 Å². The van der Waals surface area contributed by atoms with E-state index < -0.39 is 42.1 Å². The molecule has 0 bridgehead atoms. The smallest absolute Gasteiger partial charge is 0.550 e. The van der Waals surface area contributed by atoms with Crippen LogP contribution in [0.15, 0.2) is 22.5 Å². The van der Waals surface area contributed by atoms with Gasteiger partial charge < -0.3 is 34.6 Å². The summed E-state index contributed by atoms with van der Waals surface area (Å²) in [5, 5.41) is 25.5. The Morgan fingerprint density at radius 1 is 0.931 bits per heavy atom. The molecule has 1 heterocycles. The van der Waals surface area contributed by atoms with Crippen molar-refractivity contribution in [2.75, 3.05) is 13.2 Å². The number of dihydropyridines is 1. The zero-order chi connectivity index (χ0) is 20.7. The Morgan fingerprint density at radius 3 is 1.66 bits per heavy atom. The standard InChI is InChI=1S/C18H25NO8.2Na/c1-5-26-17(24)13-9(3)19-10(4)14(18(25)27-6-2)15(13)11(16(22)23)7-8-12(20)21;;/h11,15,19H,5-8H2,1-4H3,(H,20,21)(H,22,23);;/q;2*+1/p-2. The van der Waals surface area contributed by atoms with Crippen LogP contribution in [0.25, 0.3) is 0 Å². The van der Waals surface area contributed by atoms with E-state index in [1.807, 2.05) is 0 Å². The van der Waals surface area contributed by atoms with E-state index in [0.717, 1.165) is 0 Å². The van der Waals surface area contributed by atoms with Crippen molar-refractivity contribution >= 4 is 23.9 Å². The number of allylic oxidation sites excluding steroid dienone is 2. The fourth-order valence-corrected chi connectivity index (χ4v) is 3.10. The van der Waals surface area contributed by atoms with Gasteiger partial charge in [0, 0.05) is 35.2 Å². The summed E-state index contributed by atoms with van der Waals surface area (Å²) in [4.78, 5) is 47.6. The first kappa shape index (κ1) is 30.4. The molecule has 0 aromatic carbocycles. The summed E-state index contributed by atoms with van der Waals surface area (Å²) < 4.78 is 10.0. The summed E-state index contributed by atoms with van der Waals surface area (Å²) in [7, 11) is 0. The molecule has 0 amide bonds. The molecule has 11 heteroatoms. The number of esters is 2. The van der Waals surface area contributed by atoms with Crippen LogP contribution >= 0.6 is 0 Å². The average molecular weight is 427 g/mol. The van der Waals surface area contributed by atoms with Gasteiger partial charge in [0.2, 0.25) is 0 Å². The van der Waals surface area contributed by atoms with Crippen LogP contribution in [0.3, 0.4) is 0 Å². The fourth-order valence-electron chi connectivity index (χ4n) is 3.10. The van der Waals surface area contributed by atoms with Gasteiger partial charge in [0.05, 0.1) is 24.4 Å². The van der Waals surface area contributed by atoms with Crippen LogP contribution in [-0.2, 0) is 28.7 Å². The number of ether oxygens (including phenoxy) is 2. The molecule has 9 nitrogen and oxygen atoms in total. The number of carbonyl (C=O) groups is 4. The average Bonchev–Trinajstić information content (AvgIpc) is 2.54. The normalized spacial score (nSPS) is 14.8. The van der Waals surface area contributed by atoms with E-state index in [4.69, 9.17) is 9.47 Å². The van der Waals surface area contributed by atoms with Gasteiger partial charge >= 0.3 is 71.1 Å². The molecule has 1 aliphatic heterocycles. The zero-order valence-corrected chi connectivity index (χ0v) is 21.7. The van der Waals surface area contributed by atoms with Gasteiger partial charge in [-0.15, -0.1) is 0 Å². The summed E-state index contributed by atoms with van der Waals surface area (Å²) in [6.45, 7) is 6.31. The number of carboxylic acids is 2. The maximum Gasteiger partial charge on any atom is 1.00 e. The van der Waals surface area contributed by atoms with Crippen molar-refractivity contribution in [3.63, 3.8) is 0 Å². The Bertz CT molecular complexity index is 662. The summed E-state index contributed by atoms with van der Waals surface area (Å²) in [6.07, 6.45) is -0.964. The predicted octanol–water partition coefficient (Wildman–Crippen LogP) is -7.22.